The minimum Gasteiger partial charge on any atom is -0.326 e. The molecule has 1 amide bonds. The molecule has 0 aliphatic heterocycles. The van der Waals surface area contributed by atoms with Crippen LogP contribution in [0, 0.1) is 5.41 Å². The maximum absolute atomic E-state index is 12.4. The molecule has 0 saturated carbocycles. The summed E-state index contributed by atoms with van der Waals surface area (Å²) in [6.45, 7) is 5.42. The minimum atomic E-state index is -3.69. The van der Waals surface area contributed by atoms with Crippen LogP contribution < -0.4 is 10.0 Å². The zero-order valence-corrected chi connectivity index (χ0v) is 16.0. The lowest BCUT2D eigenvalue weighted by Gasteiger charge is -2.18. The van der Waals surface area contributed by atoms with Crippen molar-refractivity contribution in [2.45, 2.75) is 25.7 Å². The Labute approximate surface area is 150 Å². The molecule has 2 aromatic rings. The number of hydrogen-bond donors (Lipinski definition) is 2. The molecular weight excluding hydrogens is 392 g/mol. The summed E-state index contributed by atoms with van der Waals surface area (Å²) in [7, 11) is -3.69. The number of carbonyl (C=O) groups excluding carboxylic acids is 1. The van der Waals surface area contributed by atoms with Gasteiger partial charge in [-0.05, 0) is 42.5 Å². The fourth-order valence-corrected chi connectivity index (χ4v) is 3.12. The molecule has 2 rings (SSSR count). The number of hydrogen-bond acceptors (Lipinski definition) is 3. The normalized spacial score (nSPS) is 11.8. The van der Waals surface area contributed by atoms with E-state index >= 15 is 0 Å². The van der Waals surface area contributed by atoms with Crippen LogP contribution in [0.1, 0.15) is 20.8 Å². The van der Waals surface area contributed by atoms with E-state index in [1.807, 2.05) is 20.8 Å². The molecule has 7 heteroatoms. The number of anilines is 2. The van der Waals surface area contributed by atoms with Gasteiger partial charge in [-0.2, -0.15) is 0 Å². The lowest BCUT2D eigenvalue weighted by molar-refractivity contribution is -0.123. The Kier molecular flexibility index (Phi) is 5.35. The van der Waals surface area contributed by atoms with Gasteiger partial charge in [-0.25, -0.2) is 8.42 Å². The van der Waals surface area contributed by atoms with E-state index < -0.39 is 15.4 Å². The topological polar surface area (TPSA) is 75.3 Å². The van der Waals surface area contributed by atoms with E-state index in [-0.39, 0.29) is 10.8 Å². The van der Waals surface area contributed by atoms with Crippen molar-refractivity contribution in [3.05, 3.63) is 53.0 Å². The Bertz CT molecular complexity index is 841. The van der Waals surface area contributed by atoms with E-state index in [9.17, 15) is 13.2 Å². The first-order valence-corrected chi connectivity index (χ1v) is 9.55. The van der Waals surface area contributed by atoms with Gasteiger partial charge >= 0.3 is 0 Å². The quantitative estimate of drug-likeness (QED) is 0.791. The van der Waals surface area contributed by atoms with Crippen LogP contribution in [0.15, 0.2) is 57.9 Å². The third-order valence-electron chi connectivity index (χ3n) is 3.18. The van der Waals surface area contributed by atoms with Gasteiger partial charge in [0.05, 0.1) is 10.6 Å². The molecule has 0 fully saturated rings. The van der Waals surface area contributed by atoms with Crippen LogP contribution in [0.4, 0.5) is 11.4 Å². The number of sulfonamides is 1. The largest absolute Gasteiger partial charge is 0.326 e. The van der Waals surface area contributed by atoms with Crippen LogP contribution in [0.2, 0.25) is 0 Å². The summed E-state index contributed by atoms with van der Waals surface area (Å²) in [6, 6.07) is 12.9. The Morgan fingerprint density at radius 2 is 1.58 bits per heavy atom. The van der Waals surface area contributed by atoms with Gasteiger partial charge in [-0.15, -0.1) is 0 Å². The van der Waals surface area contributed by atoms with Gasteiger partial charge in [-0.3, -0.25) is 9.52 Å². The molecule has 0 saturated heterocycles. The fourth-order valence-electron chi connectivity index (χ4n) is 1.81. The van der Waals surface area contributed by atoms with Gasteiger partial charge < -0.3 is 5.32 Å². The first-order valence-electron chi connectivity index (χ1n) is 7.28. The van der Waals surface area contributed by atoms with Crippen molar-refractivity contribution in [3.63, 3.8) is 0 Å². The van der Waals surface area contributed by atoms with E-state index in [0.717, 1.165) is 4.47 Å². The highest BCUT2D eigenvalue weighted by Gasteiger charge is 2.21. The molecule has 2 aromatic carbocycles. The van der Waals surface area contributed by atoms with Crippen molar-refractivity contribution in [2.24, 2.45) is 5.41 Å². The number of amides is 1. The fraction of sp³-hybridized carbons (Fsp3) is 0.235. The van der Waals surface area contributed by atoms with E-state index in [1.54, 1.807) is 36.4 Å². The lowest BCUT2D eigenvalue weighted by atomic mass is 9.95. The molecule has 0 aliphatic rings. The van der Waals surface area contributed by atoms with Crippen molar-refractivity contribution >= 4 is 43.2 Å². The van der Waals surface area contributed by atoms with Gasteiger partial charge in [0.25, 0.3) is 10.0 Å². The van der Waals surface area contributed by atoms with E-state index in [4.69, 9.17) is 0 Å². The molecule has 0 aliphatic carbocycles. The average Bonchev–Trinajstić information content (AvgIpc) is 2.46. The molecule has 0 atom stereocenters. The van der Waals surface area contributed by atoms with Crippen LogP contribution >= 0.6 is 15.9 Å². The van der Waals surface area contributed by atoms with Crippen molar-refractivity contribution < 1.29 is 13.2 Å². The number of rotatable bonds is 4. The first kappa shape index (κ1) is 18.5. The highest BCUT2D eigenvalue weighted by atomic mass is 79.9. The number of benzene rings is 2. The molecule has 0 aromatic heterocycles. The second-order valence-corrected chi connectivity index (χ2v) is 8.94. The first-order chi connectivity index (χ1) is 11.1. The van der Waals surface area contributed by atoms with Crippen LogP contribution in [0.25, 0.3) is 0 Å². The Morgan fingerprint density at radius 3 is 2.17 bits per heavy atom. The summed E-state index contributed by atoms with van der Waals surface area (Å²) in [6.07, 6.45) is 0. The molecular formula is C17H19BrN2O3S. The van der Waals surface area contributed by atoms with Crippen molar-refractivity contribution in [1.82, 2.24) is 0 Å². The van der Waals surface area contributed by atoms with Crippen LogP contribution in [-0.4, -0.2) is 14.3 Å². The van der Waals surface area contributed by atoms with Gasteiger partial charge in [-0.1, -0.05) is 42.8 Å². The zero-order valence-electron chi connectivity index (χ0n) is 13.6. The summed E-state index contributed by atoms with van der Waals surface area (Å²) >= 11 is 3.27. The molecule has 24 heavy (non-hydrogen) atoms. The van der Waals surface area contributed by atoms with Crippen molar-refractivity contribution in [2.75, 3.05) is 10.0 Å². The summed E-state index contributed by atoms with van der Waals surface area (Å²) in [5.74, 6) is -0.143. The van der Waals surface area contributed by atoms with Gasteiger partial charge in [0.1, 0.15) is 0 Å². The summed E-state index contributed by atoms with van der Waals surface area (Å²) in [5, 5.41) is 2.78. The molecule has 128 valence electrons. The maximum Gasteiger partial charge on any atom is 0.261 e. The van der Waals surface area contributed by atoms with Gasteiger partial charge in [0.2, 0.25) is 5.91 Å². The predicted octanol–water partition coefficient (Wildman–Crippen LogP) is 4.23. The highest BCUT2D eigenvalue weighted by molar-refractivity contribution is 9.10. The summed E-state index contributed by atoms with van der Waals surface area (Å²) in [4.78, 5) is 12.2. The molecule has 0 spiro atoms. The monoisotopic (exact) mass is 410 g/mol. The number of halogens is 1. The molecule has 0 radical (unpaired) electrons. The third kappa shape index (κ3) is 4.82. The Morgan fingerprint density at radius 1 is 1.00 bits per heavy atom. The van der Waals surface area contributed by atoms with E-state index in [0.29, 0.717) is 11.4 Å². The lowest BCUT2D eigenvalue weighted by Crippen LogP contribution is -2.27. The average molecular weight is 411 g/mol. The second-order valence-electron chi connectivity index (χ2n) is 6.34. The Balaban J connectivity index is 2.20. The van der Waals surface area contributed by atoms with E-state index in [1.165, 1.54) is 12.1 Å². The van der Waals surface area contributed by atoms with Crippen LogP contribution in [0.3, 0.4) is 0 Å². The van der Waals surface area contributed by atoms with Crippen LogP contribution in [0.5, 0.6) is 0 Å². The van der Waals surface area contributed by atoms with Crippen molar-refractivity contribution in [3.8, 4) is 0 Å². The number of nitrogens with one attached hydrogen (secondary N) is 2. The highest BCUT2D eigenvalue weighted by Crippen LogP contribution is 2.22. The SMILES string of the molecule is CC(C)(C)C(=O)Nc1cccc(NS(=O)(=O)c2ccc(Br)cc2)c1. The van der Waals surface area contributed by atoms with Gasteiger partial charge in [0.15, 0.2) is 0 Å². The molecule has 0 bridgehead atoms. The molecule has 0 unspecified atom stereocenters. The standard InChI is InChI=1S/C17H19BrN2O3S/c1-17(2,3)16(21)19-13-5-4-6-14(11-13)20-24(22,23)15-9-7-12(18)8-10-15/h4-11,20H,1-3H3,(H,19,21). The van der Waals surface area contributed by atoms with Gasteiger partial charge in [0, 0.05) is 15.6 Å². The minimum absolute atomic E-state index is 0.143. The predicted molar refractivity (Wildman–Crippen MR) is 99.5 cm³/mol. The van der Waals surface area contributed by atoms with Crippen molar-refractivity contribution in [1.29, 1.82) is 0 Å². The third-order valence-corrected chi connectivity index (χ3v) is 5.10. The smallest absolute Gasteiger partial charge is 0.261 e. The number of carbonyl (C=O) groups is 1. The zero-order chi connectivity index (χ0) is 18.0. The molecule has 2 N–H and O–H groups in total. The molecule has 5 nitrogen and oxygen atoms in total. The summed E-state index contributed by atoms with van der Waals surface area (Å²) < 4.78 is 28.1. The second kappa shape index (κ2) is 6.94. The summed E-state index contributed by atoms with van der Waals surface area (Å²) in [5.41, 5.74) is 0.378. The Hall–Kier alpha value is -1.86. The molecule has 0 heterocycles. The maximum atomic E-state index is 12.4. The van der Waals surface area contributed by atoms with Crippen LogP contribution in [-0.2, 0) is 14.8 Å². The van der Waals surface area contributed by atoms with E-state index in [2.05, 4.69) is 26.0 Å².